The highest BCUT2D eigenvalue weighted by Gasteiger charge is 2.36. The number of carbonyl (C=O) groups excluding carboxylic acids is 1. The van der Waals surface area contributed by atoms with E-state index in [2.05, 4.69) is 40.3 Å². The molecule has 4 aromatic rings. The second-order valence-electron chi connectivity index (χ2n) is 9.84. The van der Waals surface area contributed by atoms with Crippen molar-refractivity contribution in [1.29, 1.82) is 0 Å². The summed E-state index contributed by atoms with van der Waals surface area (Å²) in [6.07, 6.45) is 6.82. The lowest BCUT2D eigenvalue weighted by atomic mass is 9.95. The highest BCUT2D eigenvalue weighted by Crippen LogP contribution is 2.44. The minimum absolute atomic E-state index is 0.0805. The Bertz CT molecular complexity index is 1440. The number of ether oxygens (including phenoxy) is 2. The van der Waals surface area contributed by atoms with Crippen LogP contribution in [0.2, 0.25) is 0 Å². The number of aromatic nitrogens is 1. The van der Waals surface area contributed by atoms with Gasteiger partial charge in [0, 0.05) is 23.2 Å². The topological polar surface area (TPSA) is 55.7 Å². The van der Waals surface area contributed by atoms with E-state index in [9.17, 15) is 4.79 Å². The molecule has 1 aliphatic heterocycles. The van der Waals surface area contributed by atoms with E-state index in [0.29, 0.717) is 19.7 Å². The Kier molecular flexibility index (Phi) is 6.85. The van der Waals surface area contributed by atoms with Gasteiger partial charge in [0.2, 0.25) is 0 Å². The van der Waals surface area contributed by atoms with Crippen LogP contribution < -0.4 is 14.8 Å². The first-order valence-corrected chi connectivity index (χ1v) is 14.2. The predicted octanol–water partition coefficient (Wildman–Crippen LogP) is 6.64. The summed E-state index contributed by atoms with van der Waals surface area (Å²) in [5.74, 6) is 1.62. The van der Waals surface area contributed by atoms with Crippen molar-refractivity contribution in [3.05, 3.63) is 99.7 Å². The standard InChI is InChI=1S/C31H33N3O3S/c1-3-37-23-15-13-22(14-16-23)29-27-11-7-17-33(27)30-26(25-10-4-5-12-28(25)38-30)20-34(29)31(35)32-19-21-8-6-9-24(18-21)36-2/h6-9,11,13-18,29H,3-5,10,12,19-20H2,1-2H3,(H,32,35). The molecule has 1 aliphatic carbocycles. The number of methoxy groups -OCH3 is 1. The van der Waals surface area contributed by atoms with Crippen LogP contribution in [0.25, 0.3) is 5.00 Å². The number of thiophene rings is 1. The highest BCUT2D eigenvalue weighted by molar-refractivity contribution is 7.15. The van der Waals surface area contributed by atoms with E-state index in [1.54, 1.807) is 7.11 Å². The van der Waals surface area contributed by atoms with Gasteiger partial charge in [-0.05, 0) is 85.7 Å². The molecule has 7 heteroatoms. The lowest BCUT2D eigenvalue weighted by Crippen LogP contribution is -2.41. The summed E-state index contributed by atoms with van der Waals surface area (Å²) in [5.41, 5.74) is 5.92. The average molecular weight is 528 g/mol. The third kappa shape index (κ3) is 4.56. The summed E-state index contributed by atoms with van der Waals surface area (Å²) < 4.78 is 13.4. The normalized spacial score (nSPS) is 16.2. The fraction of sp³-hybridized carbons (Fsp3) is 0.323. The van der Waals surface area contributed by atoms with Gasteiger partial charge < -0.3 is 24.3 Å². The van der Waals surface area contributed by atoms with Crippen LogP contribution in [0.5, 0.6) is 11.5 Å². The van der Waals surface area contributed by atoms with Crippen molar-refractivity contribution in [2.75, 3.05) is 13.7 Å². The summed E-state index contributed by atoms with van der Waals surface area (Å²) in [7, 11) is 1.66. The monoisotopic (exact) mass is 527 g/mol. The number of urea groups is 1. The van der Waals surface area contributed by atoms with Gasteiger partial charge in [-0.25, -0.2) is 4.79 Å². The van der Waals surface area contributed by atoms with E-state index >= 15 is 0 Å². The van der Waals surface area contributed by atoms with Gasteiger partial charge >= 0.3 is 6.03 Å². The molecule has 2 aromatic carbocycles. The molecule has 1 atom stereocenters. The van der Waals surface area contributed by atoms with Gasteiger partial charge in [-0.15, -0.1) is 11.3 Å². The maximum absolute atomic E-state index is 14.0. The van der Waals surface area contributed by atoms with Crippen molar-refractivity contribution in [2.45, 2.75) is 51.7 Å². The van der Waals surface area contributed by atoms with E-state index in [4.69, 9.17) is 9.47 Å². The molecule has 0 spiro atoms. The molecule has 0 saturated heterocycles. The predicted molar refractivity (Wildman–Crippen MR) is 151 cm³/mol. The maximum Gasteiger partial charge on any atom is 0.318 e. The summed E-state index contributed by atoms with van der Waals surface area (Å²) in [6.45, 7) is 3.61. The number of carbonyl (C=O) groups is 1. The van der Waals surface area contributed by atoms with Crippen LogP contribution in [0, 0.1) is 0 Å². The van der Waals surface area contributed by atoms with Gasteiger partial charge in [0.25, 0.3) is 0 Å². The number of amides is 2. The van der Waals surface area contributed by atoms with Crippen LogP contribution >= 0.6 is 11.3 Å². The van der Waals surface area contributed by atoms with Crippen molar-refractivity contribution in [3.8, 4) is 16.5 Å². The first-order chi connectivity index (χ1) is 18.7. The zero-order valence-electron chi connectivity index (χ0n) is 21.9. The van der Waals surface area contributed by atoms with Crippen molar-refractivity contribution >= 4 is 17.4 Å². The molecule has 0 bridgehead atoms. The quantitative estimate of drug-likeness (QED) is 0.306. The molecule has 1 unspecified atom stereocenters. The lowest BCUT2D eigenvalue weighted by molar-refractivity contribution is 0.180. The number of hydrogen-bond acceptors (Lipinski definition) is 4. The lowest BCUT2D eigenvalue weighted by Gasteiger charge is -2.31. The van der Waals surface area contributed by atoms with Crippen molar-refractivity contribution in [3.63, 3.8) is 0 Å². The van der Waals surface area contributed by atoms with E-state index in [1.807, 2.05) is 59.6 Å². The fourth-order valence-electron chi connectivity index (χ4n) is 5.71. The fourth-order valence-corrected chi connectivity index (χ4v) is 7.12. The molecule has 6 nitrogen and oxygen atoms in total. The molecular weight excluding hydrogens is 494 g/mol. The molecule has 38 heavy (non-hydrogen) atoms. The highest BCUT2D eigenvalue weighted by atomic mass is 32.1. The van der Waals surface area contributed by atoms with Crippen molar-refractivity contribution < 1.29 is 14.3 Å². The van der Waals surface area contributed by atoms with Gasteiger partial charge in [0.15, 0.2) is 0 Å². The minimum Gasteiger partial charge on any atom is -0.497 e. The molecule has 2 amide bonds. The Labute approximate surface area is 227 Å². The van der Waals surface area contributed by atoms with Gasteiger partial charge in [-0.2, -0.15) is 0 Å². The Morgan fingerprint density at radius 1 is 1.03 bits per heavy atom. The molecular formula is C31H33N3O3S. The number of rotatable bonds is 6. The Morgan fingerprint density at radius 2 is 1.87 bits per heavy atom. The summed E-state index contributed by atoms with van der Waals surface area (Å²) in [4.78, 5) is 17.5. The molecule has 6 rings (SSSR count). The molecule has 0 fully saturated rings. The summed E-state index contributed by atoms with van der Waals surface area (Å²) in [5, 5.41) is 4.47. The van der Waals surface area contributed by atoms with Gasteiger partial charge in [0.1, 0.15) is 16.5 Å². The van der Waals surface area contributed by atoms with Crippen LogP contribution in [0.15, 0.2) is 66.9 Å². The van der Waals surface area contributed by atoms with Crippen molar-refractivity contribution in [2.24, 2.45) is 0 Å². The third-order valence-electron chi connectivity index (χ3n) is 7.52. The van der Waals surface area contributed by atoms with Crippen molar-refractivity contribution in [1.82, 2.24) is 14.8 Å². The molecule has 0 radical (unpaired) electrons. The first-order valence-electron chi connectivity index (χ1n) is 13.4. The van der Waals surface area contributed by atoms with E-state index in [1.165, 1.54) is 33.8 Å². The van der Waals surface area contributed by atoms with Crippen LogP contribution in [0.3, 0.4) is 0 Å². The second-order valence-corrected chi connectivity index (χ2v) is 10.9. The molecule has 3 heterocycles. The summed E-state index contributed by atoms with van der Waals surface area (Å²) >= 11 is 1.90. The van der Waals surface area contributed by atoms with E-state index in [0.717, 1.165) is 41.2 Å². The Morgan fingerprint density at radius 3 is 2.68 bits per heavy atom. The SMILES string of the molecule is CCOc1ccc(C2c3cccn3-c3sc4c(c3CN2C(=O)NCc2cccc(OC)c2)CCCC4)cc1. The number of benzene rings is 2. The van der Waals surface area contributed by atoms with Crippen LogP contribution in [0.1, 0.15) is 58.6 Å². The molecule has 2 aliphatic rings. The van der Waals surface area contributed by atoms with E-state index in [-0.39, 0.29) is 12.1 Å². The Balaban J connectivity index is 1.40. The second kappa shape index (κ2) is 10.6. The number of fused-ring (bicyclic) bond motifs is 5. The zero-order chi connectivity index (χ0) is 26.1. The van der Waals surface area contributed by atoms with Gasteiger partial charge in [0.05, 0.1) is 32.0 Å². The third-order valence-corrected chi connectivity index (χ3v) is 8.86. The van der Waals surface area contributed by atoms with E-state index < -0.39 is 0 Å². The van der Waals surface area contributed by atoms with Crippen LogP contribution in [-0.2, 0) is 25.9 Å². The number of hydrogen-bond donors (Lipinski definition) is 1. The Hall–Kier alpha value is -3.71. The number of nitrogens with zero attached hydrogens (tertiary/aromatic N) is 2. The number of nitrogens with one attached hydrogen (secondary N) is 1. The number of aryl methyl sites for hydroxylation is 1. The maximum atomic E-state index is 14.0. The van der Waals surface area contributed by atoms with Crippen LogP contribution in [-0.4, -0.2) is 29.2 Å². The van der Waals surface area contributed by atoms with Gasteiger partial charge in [-0.1, -0.05) is 24.3 Å². The zero-order valence-corrected chi connectivity index (χ0v) is 22.7. The smallest absolute Gasteiger partial charge is 0.318 e. The minimum atomic E-state index is -0.232. The van der Waals surface area contributed by atoms with Gasteiger partial charge in [-0.3, -0.25) is 0 Å². The average Bonchev–Trinajstić information content (AvgIpc) is 3.54. The molecule has 2 aromatic heterocycles. The molecule has 196 valence electrons. The first kappa shape index (κ1) is 24.6. The summed E-state index contributed by atoms with van der Waals surface area (Å²) in [6, 6.07) is 19.9. The van der Waals surface area contributed by atoms with Crippen LogP contribution in [0.4, 0.5) is 4.79 Å². The largest absolute Gasteiger partial charge is 0.497 e. The molecule has 0 saturated carbocycles. The molecule has 1 N–H and O–H groups in total.